The highest BCUT2D eigenvalue weighted by atomic mass is 32.2. The van der Waals surface area contributed by atoms with Crippen molar-refractivity contribution in [3.05, 3.63) is 0 Å². The van der Waals surface area contributed by atoms with E-state index in [4.69, 9.17) is 0 Å². The molecule has 2 saturated heterocycles. The molecule has 4 fully saturated rings. The van der Waals surface area contributed by atoms with E-state index in [1.165, 1.54) is 102 Å². The summed E-state index contributed by atoms with van der Waals surface area (Å²) in [5, 5.41) is 6.11. The Morgan fingerprint density at radius 2 is 1.77 bits per heavy atom. The average Bonchev–Trinajstić information content (AvgIpc) is 3.08. The molecule has 2 aliphatic heterocycles. The molecule has 0 aromatic rings. The highest BCUT2D eigenvalue weighted by Crippen LogP contribution is 2.47. The van der Waals surface area contributed by atoms with Crippen LogP contribution in [-0.2, 0) is 4.79 Å². The first-order chi connectivity index (χ1) is 14.6. The second-order valence-corrected chi connectivity index (χ2v) is 11.8. The van der Waals surface area contributed by atoms with Gasteiger partial charge < -0.3 is 5.32 Å². The molecule has 0 radical (unpaired) electrons. The number of carbonyl (C=O) groups is 2. The molecule has 2 aliphatic carbocycles. The van der Waals surface area contributed by atoms with Crippen LogP contribution in [0.1, 0.15) is 103 Å². The molecule has 5 heteroatoms. The Kier molecular flexibility index (Phi) is 8.19. The molecule has 0 aromatic carbocycles. The summed E-state index contributed by atoms with van der Waals surface area (Å²) >= 11 is 1.21. The normalized spacial score (nSPS) is 37.8. The Morgan fingerprint density at radius 3 is 2.50 bits per heavy atom. The fourth-order valence-electron chi connectivity index (χ4n) is 7.05. The molecule has 2 saturated carbocycles. The lowest BCUT2D eigenvalue weighted by Crippen LogP contribution is -2.56. The van der Waals surface area contributed by atoms with Crippen LogP contribution in [0.15, 0.2) is 0 Å². The van der Waals surface area contributed by atoms with Gasteiger partial charge in [0.15, 0.2) is 0 Å². The van der Waals surface area contributed by atoms with Crippen molar-refractivity contribution in [3.63, 3.8) is 0 Å². The van der Waals surface area contributed by atoms with Crippen molar-refractivity contribution in [2.45, 2.75) is 121 Å². The molecule has 2 N–H and O–H groups in total. The van der Waals surface area contributed by atoms with Crippen LogP contribution >= 0.6 is 11.8 Å². The standard InChI is InChI=1S/C25H42N2O2S/c1-2-3-4-6-9-17-12-13-22-21(14-17)20(18-10-7-5-8-11-18)15-19(26-22)16-23-24(28)27-25(29)30-23/h17-23,26H,2-16H2,1H3,(H,27,28,29). The van der Waals surface area contributed by atoms with E-state index in [2.05, 4.69) is 17.6 Å². The maximum absolute atomic E-state index is 12.1. The molecule has 0 bridgehead atoms. The zero-order valence-electron chi connectivity index (χ0n) is 18.9. The smallest absolute Gasteiger partial charge is 0.286 e. The van der Waals surface area contributed by atoms with Gasteiger partial charge >= 0.3 is 0 Å². The van der Waals surface area contributed by atoms with Gasteiger partial charge in [-0.25, -0.2) is 0 Å². The van der Waals surface area contributed by atoms with Crippen molar-refractivity contribution in [3.8, 4) is 0 Å². The van der Waals surface area contributed by atoms with Crippen molar-refractivity contribution in [1.82, 2.24) is 10.6 Å². The summed E-state index contributed by atoms with van der Waals surface area (Å²) in [4.78, 5) is 23.8. The summed E-state index contributed by atoms with van der Waals surface area (Å²) in [7, 11) is 0. The van der Waals surface area contributed by atoms with E-state index in [0.29, 0.717) is 12.1 Å². The molecule has 4 nitrogen and oxygen atoms in total. The van der Waals surface area contributed by atoms with Gasteiger partial charge in [-0.1, -0.05) is 82.9 Å². The number of thioether (sulfide) groups is 1. The highest BCUT2D eigenvalue weighted by Gasteiger charge is 2.45. The van der Waals surface area contributed by atoms with Crippen molar-refractivity contribution in [2.24, 2.45) is 23.7 Å². The third-order valence-corrected chi connectivity index (χ3v) is 9.56. The molecule has 0 aromatic heterocycles. The fourth-order valence-corrected chi connectivity index (χ4v) is 7.96. The van der Waals surface area contributed by atoms with Crippen molar-refractivity contribution >= 4 is 22.9 Å². The monoisotopic (exact) mass is 434 g/mol. The summed E-state index contributed by atoms with van der Waals surface area (Å²) in [6.07, 6.45) is 20.2. The lowest BCUT2D eigenvalue weighted by molar-refractivity contribution is -0.119. The van der Waals surface area contributed by atoms with Crippen LogP contribution in [0.5, 0.6) is 0 Å². The predicted octanol–water partition coefficient (Wildman–Crippen LogP) is 6.04. The number of amides is 2. The van der Waals surface area contributed by atoms with E-state index < -0.39 is 0 Å². The van der Waals surface area contributed by atoms with E-state index in [1.54, 1.807) is 0 Å². The third-order valence-electron chi connectivity index (χ3n) is 8.55. The van der Waals surface area contributed by atoms with E-state index in [9.17, 15) is 9.59 Å². The maximum Gasteiger partial charge on any atom is 0.286 e. The van der Waals surface area contributed by atoms with Crippen LogP contribution in [0.2, 0.25) is 0 Å². The van der Waals surface area contributed by atoms with E-state index in [-0.39, 0.29) is 16.4 Å². The Morgan fingerprint density at radius 1 is 0.933 bits per heavy atom. The van der Waals surface area contributed by atoms with E-state index in [0.717, 1.165) is 30.1 Å². The number of carbonyl (C=O) groups excluding carboxylic acids is 2. The lowest BCUT2D eigenvalue weighted by atomic mass is 9.61. The fraction of sp³-hybridized carbons (Fsp3) is 0.920. The van der Waals surface area contributed by atoms with Crippen LogP contribution in [-0.4, -0.2) is 28.5 Å². The molecule has 4 aliphatic rings. The number of nitrogens with one attached hydrogen (secondary N) is 2. The Balaban J connectivity index is 1.39. The first kappa shape index (κ1) is 22.6. The summed E-state index contributed by atoms with van der Waals surface area (Å²) in [6.45, 7) is 2.30. The second-order valence-electron chi connectivity index (χ2n) is 10.6. The Hall–Kier alpha value is -0.550. The van der Waals surface area contributed by atoms with Crippen molar-refractivity contribution in [2.75, 3.05) is 0 Å². The first-order valence-electron chi connectivity index (χ1n) is 12.9. The lowest BCUT2D eigenvalue weighted by Gasteiger charge is -2.51. The number of fused-ring (bicyclic) bond motifs is 1. The number of hydrogen-bond donors (Lipinski definition) is 2. The third kappa shape index (κ3) is 5.62. The van der Waals surface area contributed by atoms with Gasteiger partial charge in [0, 0.05) is 12.1 Å². The molecular formula is C25H42N2O2S. The topological polar surface area (TPSA) is 58.2 Å². The molecule has 4 rings (SSSR count). The summed E-state index contributed by atoms with van der Waals surface area (Å²) in [6, 6.07) is 1.03. The van der Waals surface area contributed by atoms with Crippen LogP contribution in [0.25, 0.3) is 0 Å². The molecular weight excluding hydrogens is 392 g/mol. The van der Waals surface area contributed by atoms with Gasteiger partial charge in [-0.15, -0.1) is 0 Å². The molecule has 170 valence electrons. The zero-order valence-corrected chi connectivity index (χ0v) is 19.7. The number of hydrogen-bond acceptors (Lipinski definition) is 4. The van der Waals surface area contributed by atoms with Gasteiger partial charge in [-0.05, 0) is 55.8 Å². The van der Waals surface area contributed by atoms with Crippen molar-refractivity contribution < 1.29 is 9.59 Å². The van der Waals surface area contributed by atoms with Crippen LogP contribution in [0, 0.1) is 23.7 Å². The van der Waals surface area contributed by atoms with Gasteiger partial charge in [-0.3, -0.25) is 14.9 Å². The van der Waals surface area contributed by atoms with Gasteiger partial charge in [0.1, 0.15) is 0 Å². The SMILES string of the molecule is CCCCCCC1CCC2NC(CC3SC(=O)NC3=O)CC(C3CCCCC3)C2C1. The number of unbranched alkanes of at least 4 members (excludes halogenated alkanes) is 3. The molecule has 6 unspecified atom stereocenters. The summed E-state index contributed by atoms with van der Waals surface area (Å²) < 4.78 is 0. The van der Waals surface area contributed by atoms with Gasteiger partial charge in [0.05, 0.1) is 5.25 Å². The van der Waals surface area contributed by atoms with Gasteiger partial charge in [0.25, 0.3) is 5.24 Å². The van der Waals surface area contributed by atoms with Crippen LogP contribution < -0.4 is 10.6 Å². The first-order valence-corrected chi connectivity index (χ1v) is 13.8. The molecule has 30 heavy (non-hydrogen) atoms. The minimum atomic E-state index is -0.187. The largest absolute Gasteiger partial charge is 0.311 e. The summed E-state index contributed by atoms with van der Waals surface area (Å²) in [5.74, 6) is 3.41. The second kappa shape index (κ2) is 10.8. The maximum atomic E-state index is 12.1. The average molecular weight is 435 g/mol. The minimum absolute atomic E-state index is 0.0704. The van der Waals surface area contributed by atoms with Gasteiger partial charge in [0.2, 0.25) is 5.91 Å². The number of imide groups is 1. The van der Waals surface area contributed by atoms with Crippen molar-refractivity contribution in [1.29, 1.82) is 0 Å². The Bertz CT molecular complexity index is 592. The minimum Gasteiger partial charge on any atom is -0.311 e. The van der Waals surface area contributed by atoms with E-state index >= 15 is 0 Å². The highest BCUT2D eigenvalue weighted by molar-refractivity contribution is 8.15. The molecule has 2 heterocycles. The summed E-state index contributed by atoms with van der Waals surface area (Å²) in [5.41, 5.74) is 0. The van der Waals surface area contributed by atoms with Crippen LogP contribution in [0.4, 0.5) is 4.79 Å². The van der Waals surface area contributed by atoms with Crippen LogP contribution in [0.3, 0.4) is 0 Å². The molecule has 6 atom stereocenters. The number of piperidine rings is 1. The van der Waals surface area contributed by atoms with Gasteiger partial charge in [-0.2, -0.15) is 0 Å². The molecule has 0 spiro atoms. The quantitative estimate of drug-likeness (QED) is 0.457. The zero-order chi connectivity index (χ0) is 20.9. The Labute approximate surface area is 187 Å². The molecule has 2 amide bonds. The number of rotatable bonds is 8. The van der Waals surface area contributed by atoms with E-state index in [1.807, 2.05) is 0 Å². The predicted molar refractivity (Wildman–Crippen MR) is 125 cm³/mol.